The number of nitrogens with two attached hydrogens (primary N) is 1. The summed E-state index contributed by atoms with van der Waals surface area (Å²) in [6.45, 7) is 1.99. The summed E-state index contributed by atoms with van der Waals surface area (Å²) in [5.74, 6) is -0.766. The van der Waals surface area contributed by atoms with Crippen molar-refractivity contribution in [3.05, 3.63) is 66.4 Å². The molecule has 7 nitrogen and oxygen atoms in total. The van der Waals surface area contributed by atoms with E-state index in [2.05, 4.69) is 10.4 Å². The molecule has 0 fully saturated rings. The quantitative estimate of drug-likeness (QED) is 0.360. The Kier molecular flexibility index (Phi) is 5.49. The largest absolute Gasteiger partial charge is 0.462 e. The number of nitrogens with zero attached hydrogens (tertiary/aromatic N) is 2. The van der Waals surface area contributed by atoms with Gasteiger partial charge < -0.3 is 15.8 Å². The van der Waals surface area contributed by atoms with E-state index in [0.717, 1.165) is 21.3 Å². The second-order valence-corrected chi connectivity index (χ2v) is 7.66. The highest BCUT2D eigenvalue weighted by molar-refractivity contribution is 7.20. The highest BCUT2D eigenvalue weighted by Gasteiger charge is 2.20. The van der Waals surface area contributed by atoms with Gasteiger partial charge in [-0.15, -0.1) is 11.3 Å². The number of nitrogens with one attached hydrogen (secondary N) is 1. The second-order valence-electron chi connectivity index (χ2n) is 6.61. The molecule has 4 rings (SSSR count). The molecule has 0 bridgehead atoms. The molecule has 30 heavy (non-hydrogen) atoms. The average Bonchev–Trinajstić information content (AvgIpc) is 3.33. The third kappa shape index (κ3) is 4.04. The molecule has 0 saturated carbocycles. The van der Waals surface area contributed by atoms with Gasteiger partial charge in [0.2, 0.25) is 5.91 Å². The number of carbonyl (C=O) groups excluding carboxylic acids is 2. The number of esters is 1. The molecule has 0 aliphatic carbocycles. The van der Waals surface area contributed by atoms with Crippen molar-refractivity contribution in [3.8, 4) is 10.4 Å². The summed E-state index contributed by atoms with van der Waals surface area (Å²) in [5, 5.41) is 8.46. The summed E-state index contributed by atoms with van der Waals surface area (Å²) in [6, 6.07) is 16.8. The normalized spacial score (nSPS) is 10.8. The summed E-state index contributed by atoms with van der Waals surface area (Å²) in [4.78, 5) is 26.0. The van der Waals surface area contributed by atoms with Crippen LogP contribution in [-0.4, -0.2) is 28.3 Å². The number of ether oxygens (including phenoxy) is 1. The number of aromatic nitrogens is 2. The number of nitrogen functional groups attached to an aromatic ring is 1. The van der Waals surface area contributed by atoms with Crippen molar-refractivity contribution in [2.45, 2.75) is 13.5 Å². The Balaban J connectivity index is 1.60. The van der Waals surface area contributed by atoms with Gasteiger partial charge in [-0.05, 0) is 36.8 Å². The van der Waals surface area contributed by atoms with E-state index in [1.54, 1.807) is 36.0 Å². The van der Waals surface area contributed by atoms with Crippen LogP contribution in [0.15, 0.2) is 60.8 Å². The van der Waals surface area contributed by atoms with Crippen molar-refractivity contribution in [3.63, 3.8) is 0 Å². The van der Waals surface area contributed by atoms with Crippen LogP contribution in [0.5, 0.6) is 0 Å². The molecule has 0 unspecified atom stereocenters. The van der Waals surface area contributed by atoms with Gasteiger partial charge in [-0.25, -0.2) is 4.79 Å². The molecule has 0 atom stereocenters. The van der Waals surface area contributed by atoms with Crippen LogP contribution in [0.25, 0.3) is 21.3 Å². The van der Waals surface area contributed by atoms with Gasteiger partial charge in [-0.1, -0.05) is 30.3 Å². The molecular weight excluding hydrogens is 400 g/mol. The topological polar surface area (TPSA) is 99.2 Å². The van der Waals surface area contributed by atoms with E-state index < -0.39 is 5.97 Å². The molecule has 1 amide bonds. The Labute approximate surface area is 177 Å². The van der Waals surface area contributed by atoms with Gasteiger partial charge in [-0.2, -0.15) is 5.10 Å². The Morgan fingerprint density at radius 3 is 2.73 bits per heavy atom. The molecule has 2 aromatic heterocycles. The molecule has 8 heteroatoms. The number of fused-ring (bicyclic) bond motifs is 1. The maximum atomic E-state index is 12.7. The van der Waals surface area contributed by atoms with Gasteiger partial charge in [0.25, 0.3) is 0 Å². The van der Waals surface area contributed by atoms with E-state index >= 15 is 0 Å². The van der Waals surface area contributed by atoms with E-state index in [-0.39, 0.29) is 19.1 Å². The third-order valence-corrected chi connectivity index (χ3v) is 5.60. The van der Waals surface area contributed by atoms with Crippen LogP contribution in [0, 0.1) is 0 Å². The number of thiophene rings is 1. The molecule has 0 radical (unpaired) electrons. The first-order chi connectivity index (χ1) is 14.5. The van der Waals surface area contributed by atoms with E-state index in [9.17, 15) is 9.59 Å². The van der Waals surface area contributed by atoms with Crippen LogP contribution < -0.4 is 11.1 Å². The zero-order chi connectivity index (χ0) is 21.1. The first-order valence-corrected chi connectivity index (χ1v) is 10.2. The van der Waals surface area contributed by atoms with Crippen LogP contribution in [-0.2, 0) is 16.1 Å². The predicted octanol–water partition coefficient (Wildman–Crippen LogP) is 4.16. The van der Waals surface area contributed by atoms with Crippen LogP contribution in [0.2, 0.25) is 0 Å². The van der Waals surface area contributed by atoms with Crippen molar-refractivity contribution in [1.82, 2.24) is 9.78 Å². The van der Waals surface area contributed by atoms with E-state index in [0.29, 0.717) is 16.3 Å². The van der Waals surface area contributed by atoms with Crippen molar-refractivity contribution in [2.75, 3.05) is 17.7 Å². The van der Waals surface area contributed by atoms with Crippen molar-refractivity contribution >= 4 is 44.8 Å². The molecule has 0 saturated heterocycles. The maximum Gasteiger partial charge on any atom is 0.341 e. The molecule has 0 aliphatic heterocycles. The zero-order valence-electron chi connectivity index (χ0n) is 16.3. The number of hydrogen-bond acceptors (Lipinski definition) is 6. The lowest BCUT2D eigenvalue weighted by molar-refractivity contribution is -0.116. The third-order valence-electron chi connectivity index (χ3n) is 4.50. The maximum absolute atomic E-state index is 12.7. The lowest BCUT2D eigenvalue weighted by Gasteiger charge is -2.07. The van der Waals surface area contributed by atoms with Crippen molar-refractivity contribution in [2.24, 2.45) is 0 Å². The standard InChI is InChI=1S/C22H20N4O3S/c1-2-29-22(28)17-11-19(14-6-4-3-5-7-14)30-21(17)25-20(27)13-26-18-10-16(23)9-8-15(18)12-24-26/h3-12H,2,13,23H2,1H3,(H,25,27). The average molecular weight is 420 g/mol. The Hall–Kier alpha value is -3.65. The minimum atomic E-state index is -0.469. The molecule has 152 valence electrons. The highest BCUT2D eigenvalue weighted by Crippen LogP contribution is 2.36. The number of amides is 1. The Bertz CT molecular complexity index is 1210. The van der Waals surface area contributed by atoms with Crippen LogP contribution >= 0.6 is 11.3 Å². The summed E-state index contributed by atoms with van der Waals surface area (Å²) in [7, 11) is 0. The molecule has 2 aromatic carbocycles. The lowest BCUT2D eigenvalue weighted by atomic mass is 10.1. The van der Waals surface area contributed by atoms with Crippen LogP contribution in [0.1, 0.15) is 17.3 Å². The predicted molar refractivity (Wildman–Crippen MR) is 118 cm³/mol. The SMILES string of the molecule is CCOC(=O)c1cc(-c2ccccc2)sc1NC(=O)Cn1ncc2ccc(N)cc21. The van der Waals surface area contributed by atoms with Crippen molar-refractivity contribution in [1.29, 1.82) is 0 Å². The Morgan fingerprint density at radius 1 is 1.17 bits per heavy atom. The van der Waals surface area contributed by atoms with Gasteiger partial charge in [0.15, 0.2) is 0 Å². The van der Waals surface area contributed by atoms with Gasteiger partial charge in [0, 0.05) is 16.0 Å². The second kappa shape index (κ2) is 8.38. The van der Waals surface area contributed by atoms with Gasteiger partial charge >= 0.3 is 5.97 Å². The number of hydrogen-bond donors (Lipinski definition) is 2. The Morgan fingerprint density at radius 2 is 1.97 bits per heavy atom. The molecular formula is C22H20N4O3S. The number of carbonyl (C=O) groups is 2. The molecule has 4 aromatic rings. The summed E-state index contributed by atoms with van der Waals surface area (Å²) in [5.41, 5.74) is 8.52. The first-order valence-electron chi connectivity index (χ1n) is 9.42. The van der Waals surface area contributed by atoms with Crippen LogP contribution in [0.4, 0.5) is 10.7 Å². The minimum Gasteiger partial charge on any atom is -0.462 e. The number of anilines is 2. The first kappa shape index (κ1) is 19.7. The summed E-state index contributed by atoms with van der Waals surface area (Å²) >= 11 is 1.33. The minimum absolute atomic E-state index is 0.00616. The molecule has 0 aliphatic rings. The van der Waals surface area contributed by atoms with Crippen molar-refractivity contribution < 1.29 is 14.3 Å². The van der Waals surface area contributed by atoms with Crippen LogP contribution in [0.3, 0.4) is 0 Å². The van der Waals surface area contributed by atoms with Gasteiger partial charge in [-0.3, -0.25) is 9.48 Å². The monoisotopic (exact) mass is 420 g/mol. The fourth-order valence-electron chi connectivity index (χ4n) is 3.10. The molecule has 2 heterocycles. The van der Waals surface area contributed by atoms with E-state index in [1.165, 1.54) is 11.3 Å². The number of rotatable bonds is 6. The molecule has 0 spiro atoms. The smallest absolute Gasteiger partial charge is 0.341 e. The molecule has 3 N–H and O–H groups in total. The summed E-state index contributed by atoms with van der Waals surface area (Å²) in [6.07, 6.45) is 1.69. The fourth-order valence-corrected chi connectivity index (χ4v) is 4.17. The van der Waals surface area contributed by atoms with E-state index in [1.807, 2.05) is 36.4 Å². The number of benzene rings is 2. The zero-order valence-corrected chi connectivity index (χ0v) is 17.1. The lowest BCUT2D eigenvalue weighted by Crippen LogP contribution is -2.20. The van der Waals surface area contributed by atoms with E-state index in [4.69, 9.17) is 10.5 Å². The summed E-state index contributed by atoms with van der Waals surface area (Å²) < 4.78 is 6.74. The fraction of sp³-hybridized carbons (Fsp3) is 0.136. The van der Waals surface area contributed by atoms with Gasteiger partial charge in [0.05, 0.1) is 23.9 Å². The van der Waals surface area contributed by atoms with Gasteiger partial charge in [0.1, 0.15) is 11.5 Å². The highest BCUT2D eigenvalue weighted by atomic mass is 32.1.